The van der Waals surface area contributed by atoms with E-state index in [-0.39, 0.29) is 32.0 Å². The number of anilines is 1. The average molecular weight is 512 g/mol. The Balaban J connectivity index is 1.64. The summed E-state index contributed by atoms with van der Waals surface area (Å²) < 4.78 is 37.0. The third kappa shape index (κ3) is 6.74. The van der Waals surface area contributed by atoms with Gasteiger partial charge in [-0.25, -0.2) is 29.3 Å². The van der Waals surface area contributed by atoms with Gasteiger partial charge in [0.05, 0.1) is 32.3 Å². The van der Waals surface area contributed by atoms with Crippen LogP contribution in [0.25, 0.3) is 11.2 Å². The van der Waals surface area contributed by atoms with Crippen LogP contribution >= 0.6 is 15.3 Å². The number of hydrogen-bond donors (Lipinski definition) is 5. The Kier molecular flexibility index (Phi) is 8.53. The van der Waals surface area contributed by atoms with Crippen molar-refractivity contribution in [2.45, 2.75) is 31.8 Å². The lowest BCUT2D eigenvalue weighted by Gasteiger charge is -2.27. The molecule has 2 aromatic rings. The molecule has 1 fully saturated rings. The van der Waals surface area contributed by atoms with E-state index >= 15 is 0 Å². The molecule has 33 heavy (non-hydrogen) atoms. The predicted molar refractivity (Wildman–Crippen MR) is 111 cm³/mol. The van der Waals surface area contributed by atoms with Gasteiger partial charge in [0.1, 0.15) is 30.5 Å². The van der Waals surface area contributed by atoms with E-state index in [0.29, 0.717) is 15.8 Å². The fraction of sp³-hybridized carbons (Fsp3) is 0.667. The zero-order chi connectivity index (χ0) is 24.2. The van der Waals surface area contributed by atoms with E-state index in [4.69, 9.17) is 19.9 Å². The van der Waals surface area contributed by atoms with Crippen molar-refractivity contribution in [2.75, 3.05) is 38.4 Å². The van der Waals surface area contributed by atoms with E-state index in [2.05, 4.69) is 19.8 Å². The summed E-state index contributed by atoms with van der Waals surface area (Å²) in [4.78, 5) is 50.3. The summed E-state index contributed by atoms with van der Waals surface area (Å²) in [6.45, 7) is 0.735. The van der Waals surface area contributed by atoms with Crippen LogP contribution in [0.3, 0.4) is 0 Å². The van der Waals surface area contributed by atoms with Gasteiger partial charge in [0.2, 0.25) is 0 Å². The number of hydrogen-bond acceptors (Lipinski definition) is 11. The van der Waals surface area contributed by atoms with Gasteiger partial charge in [-0.15, -0.1) is 0 Å². The number of ether oxygens (including phenoxy) is 1. The van der Waals surface area contributed by atoms with Gasteiger partial charge in [-0.05, 0) is 6.92 Å². The molecule has 2 unspecified atom stereocenters. The second-order valence-electron chi connectivity index (χ2n) is 7.07. The van der Waals surface area contributed by atoms with E-state index < -0.39 is 46.7 Å². The number of imidazole rings is 1. The van der Waals surface area contributed by atoms with Crippen LogP contribution in [0.1, 0.15) is 19.6 Å². The molecule has 0 amide bonds. The molecule has 1 aliphatic heterocycles. The lowest BCUT2D eigenvalue weighted by atomic mass is 10.2. The van der Waals surface area contributed by atoms with Crippen molar-refractivity contribution in [1.29, 1.82) is 0 Å². The van der Waals surface area contributed by atoms with Crippen molar-refractivity contribution in [3.63, 3.8) is 0 Å². The van der Waals surface area contributed by atoms with Gasteiger partial charge in [-0.3, -0.25) is 13.7 Å². The van der Waals surface area contributed by atoms with Crippen molar-refractivity contribution < 1.29 is 48.0 Å². The summed E-state index contributed by atoms with van der Waals surface area (Å²) in [5.41, 5.74) is 6.51. The van der Waals surface area contributed by atoms with E-state index in [1.165, 1.54) is 12.7 Å². The van der Waals surface area contributed by atoms with E-state index in [1.54, 1.807) is 11.5 Å². The van der Waals surface area contributed by atoms with Crippen LogP contribution < -0.4 is 5.73 Å². The monoisotopic (exact) mass is 512 g/mol. The van der Waals surface area contributed by atoms with E-state index in [9.17, 15) is 28.9 Å². The number of aliphatic hydroxyl groups excluding tert-OH is 1. The molecule has 0 spiro atoms. The summed E-state index contributed by atoms with van der Waals surface area (Å²) in [7, 11) is -9.40. The largest absolute Gasteiger partial charge is 0.406 e. The molecule has 0 aromatic carbocycles. The summed E-state index contributed by atoms with van der Waals surface area (Å²) in [5, 5.41) is 10.4. The molecular formula is C15H26N6O10P2. The van der Waals surface area contributed by atoms with Crippen LogP contribution in [0.15, 0.2) is 12.7 Å². The first-order valence-corrected chi connectivity index (χ1v) is 13.1. The molecule has 186 valence electrons. The predicted octanol–water partition coefficient (Wildman–Crippen LogP) is -0.421. The first-order valence-electron chi connectivity index (χ1n) is 9.80. The lowest BCUT2D eigenvalue weighted by Crippen LogP contribution is -2.31. The molecule has 16 nitrogen and oxygen atoms in total. The molecule has 0 bridgehead atoms. The summed E-state index contributed by atoms with van der Waals surface area (Å²) >= 11 is 0. The van der Waals surface area contributed by atoms with Crippen molar-refractivity contribution in [2.24, 2.45) is 0 Å². The Morgan fingerprint density at radius 2 is 2.03 bits per heavy atom. The van der Waals surface area contributed by atoms with Gasteiger partial charge >= 0.3 is 15.3 Å². The van der Waals surface area contributed by atoms with Crippen LogP contribution in [-0.2, 0) is 28.2 Å². The molecule has 1 aliphatic rings. The summed E-state index contributed by atoms with van der Waals surface area (Å²) in [5.74, 6) is 0.178. The second-order valence-corrected chi connectivity index (χ2v) is 10.5. The first kappa shape index (κ1) is 26.1. The van der Waals surface area contributed by atoms with Gasteiger partial charge in [0.15, 0.2) is 11.5 Å². The third-order valence-corrected chi connectivity index (χ3v) is 7.12. The number of aromatic nitrogens is 4. The molecule has 1 saturated heterocycles. The number of nitrogens with two attached hydrogens (primary N) is 1. The molecule has 0 saturated carbocycles. The minimum absolute atomic E-state index is 0.105. The third-order valence-electron chi connectivity index (χ3n) is 4.65. The van der Waals surface area contributed by atoms with Gasteiger partial charge < -0.3 is 30.3 Å². The Bertz CT molecular complexity index is 1030. The topological polar surface area (TPSA) is 225 Å². The minimum Gasteiger partial charge on any atom is -0.390 e. The van der Waals surface area contributed by atoms with E-state index in [1.807, 2.05) is 0 Å². The molecule has 3 rings (SSSR count). The van der Waals surface area contributed by atoms with Crippen molar-refractivity contribution in [1.82, 2.24) is 24.2 Å². The van der Waals surface area contributed by atoms with Crippen LogP contribution in [-0.4, -0.2) is 88.8 Å². The Hall–Kier alpha value is -1.55. The summed E-state index contributed by atoms with van der Waals surface area (Å²) in [6.07, 6.45) is -1.05. The molecule has 0 radical (unpaired) electrons. The molecule has 18 heteroatoms. The highest BCUT2D eigenvalue weighted by Crippen LogP contribution is 2.51. The molecule has 6 N–H and O–H groups in total. The quantitative estimate of drug-likeness (QED) is 0.105. The Labute approximate surface area is 187 Å². The first-order chi connectivity index (χ1) is 15.5. The zero-order valence-corrected chi connectivity index (χ0v) is 19.4. The number of aliphatic hydroxyl groups is 1. The Morgan fingerprint density at radius 1 is 1.27 bits per heavy atom. The fourth-order valence-electron chi connectivity index (χ4n) is 3.14. The minimum atomic E-state index is -4.70. The second kappa shape index (κ2) is 10.8. The molecule has 0 aliphatic carbocycles. The maximum Gasteiger partial charge on any atom is 0.406 e. The van der Waals surface area contributed by atoms with Crippen molar-refractivity contribution in [3.05, 3.63) is 12.7 Å². The highest BCUT2D eigenvalue weighted by atomic mass is 31.2. The van der Waals surface area contributed by atoms with Gasteiger partial charge in [0.25, 0.3) is 0 Å². The Morgan fingerprint density at radius 3 is 2.73 bits per heavy atom. The molecule has 3 heterocycles. The van der Waals surface area contributed by atoms with Gasteiger partial charge in [-0.2, -0.15) is 4.67 Å². The molecular weight excluding hydrogens is 486 g/mol. The molecule has 2 aromatic heterocycles. The number of nitrogen functional groups attached to an aromatic ring is 1. The maximum absolute atomic E-state index is 12.7. The van der Waals surface area contributed by atoms with Crippen LogP contribution in [0, 0.1) is 0 Å². The van der Waals surface area contributed by atoms with Gasteiger partial charge in [-0.1, -0.05) is 0 Å². The lowest BCUT2D eigenvalue weighted by molar-refractivity contribution is -0.291. The SMILES string of the molecule is CCOOCCN(CP(=O)(O)O)P(=O)(O)OC[C@H]1O[C@@H](n2cnc3c(N)ncnc32)CC1O. The molecule has 4 atom stereocenters. The normalized spacial score (nSPS) is 23.4. The van der Waals surface area contributed by atoms with Crippen molar-refractivity contribution >= 4 is 32.3 Å². The summed E-state index contributed by atoms with van der Waals surface area (Å²) in [6, 6.07) is 0. The standard InChI is InChI=1S/C15H26N6O10P2/c1-2-28-29-4-3-20(9-32(23,24)25)33(26,27)30-6-11-10(22)5-12(31-11)21-8-19-13-14(16)17-7-18-15(13)21/h7-8,10-12,22H,2-6,9H2,1H3,(H,26,27)(H2,16,17,18)(H2,23,24,25)/t10?,11-,12-/m1/s1. The highest BCUT2D eigenvalue weighted by molar-refractivity contribution is 7.54. The highest BCUT2D eigenvalue weighted by Gasteiger charge is 2.40. The smallest absolute Gasteiger partial charge is 0.390 e. The maximum atomic E-state index is 12.7. The van der Waals surface area contributed by atoms with Crippen LogP contribution in [0.4, 0.5) is 5.82 Å². The number of rotatable bonds is 12. The van der Waals surface area contributed by atoms with Gasteiger partial charge in [0, 0.05) is 13.0 Å². The number of nitrogens with zero attached hydrogens (tertiary/aromatic N) is 5. The zero-order valence-electron chi connectivity index (χ0n) is 17.6. The fourth-order valence-corrected chi connectivity index (χ4v) is 5.68. The number of fused-ring (bicyclic) bond motifs is 1. The van der Waals surface area contributed by atoms with Crippen LogP contribution in [0.5, 0.6) is 0 Å². The van der Waals surface area contributed by atoms with Crippen LogP contribution in [0.2, 0.25) is 0 Å². The van der Waals surface area contributed by atoms with Crippen molar-refractivity contribution in [3.8, 4) is 0 Å². The average Bonchev–Trinajstić information content (AvgIpc) is 3.32. The van der Waals surface area contributed by atoms with E-state index in [0.717, 1.165) is 0 Å².